The lowest BCUT2D eigenvalue weighted by Crippen LogP contribution is -2.57. The first-order valence-electron chi connectivity index (χ1n) is 8.25. The Hall–Kier alpha value is -0.160. The average Bonchev–Trinajstić information content (AvgIpc) is 2.91. The summed E-state index contributed by atoms with van der Waals surface area (Å²) < 4.78 is 5.75. The zero-order valence-corrected chi connectivity index (χ0v) is 13.4. The van der Waals surface area contributed by atoms with E-state index in [0.29, 0.717) is 18.2 Å². The molecule has 1 aliphatic heterocycles. The third-order valence-electron chi connectivity index (χ3n) is 4.86. The lowest BCUT2D eigenvalue weighted by molar-refractivity contribution is 0.0315. The predicted molar refractivity (Wildman–Crippen MR) is 81.9 cm³/mol. The molecule has 2 aliphatic rings. The molecule has 3 unspecified atom stereocenters. The summed E-state index contributed by atoms with van der Waals surface area (Å²) in [5.74, 6) is 0. The van der Waals surface area contributed by atoms with Gasteiger partial charge in [0.15, 0.2) is 0 Å². The van der Waals surface area contributed by atoms with Crippen LogP contribution in [0.3, 0.4) is 0 Å². The molecule has 1 saturated carbocycles. The smallest absolute Gasteiger partial charge is 0.0702 e. The second kappa shape index (κ2) is 7.21. The van der Waals surface area contributed by atoms with Gasteiger partial charge in [-0.15, -0.1) is 0 Å². The molecule has 1 saturated heterocycles. The highest BCUT2D eigenvalue weighted by atomic mass is 16.5. The molecule has 20 heavy (non-hydrogen) atoms. The summed E-state index contributed by atoms with van der Waals surface area (Å²) in [5.41, 5.74) is -0.0815. The van der Waals surface area contributed by atoms with Crippen molar-refractivity contribution in [1.29, 1.82) is 0 Å². The molecule has 4 nitrogen and oxygen atoms in total. The van der Waals surface area contributed by atoms with E-state index >= 15 is 0 Å². The van der Waals surface area contributed by atoms with E-state index < -0.39 is 0 Å². The lowest BCUT2D eigenvalue weighted by atomic mass is 9.78. The van der Waals surface area contributed by atoms with Crippen LogP contribution in [0.1, 0.15) is 52.4 Å². The van der Waals surface area contributed by atoms with Crippen LogP contribution in [0.25, 0.3) is 0 Å². The first-order valence-corrected chi connectivity index (χ1v) is 8.25. The Morgan fingerprint density at radius 3 is 2.75 bits per heavy atom. The van der Waals surface area contributed by atoms with Crippen LogP contribution in [0.5, 0.6) is 0 Å². The standard InChI is InChI=1S/C16H32N2O2/c1-13(2)17-16(12-19)8-4-6-14(10-16)18(3)11-15-7-5-9-20-15/h13-15,17,19H,4-12H2,1-3H3. The number of rotatable bonds is 6. The van der Waals surface area contributed by atoms with Crippen LogP contribution < -0.4 is 5.32 Å². The second-order valence-corrected chi connectivity index (χ2v) is 7.06. The first kappa shape index (κ1) is 16.2. The monoisotopic (exact) mass is 284 g/mol. The number of ether oxygens (including phenoxy) is 1. The van der Waals surface area contributed by atoms with Crippen molar-refractivity contribution >= 4 is 0 Å². The van der Waals surface area contributed by atoms with Crippen LogP contribution in [-0.4, -0.2) is 60.5 Å². The van der Waals surface area contributed by atoms with Crippen LogP contribution in [0.4, 0.5) is 0 Å². The lowest BCUT2D eigenvalue weighted by Gasteiger charge is -2.45. The fourth-order valence-corrected chi connectivity index (χ4v) is 3.90. The van der Waals surface area contributed by atoms with Gasteiger partial charge in [-0.1, -0.05) is 13.8 Å². The summed E-state index contributed by atoms with van der Waals surface area (Å²) in [6.07, 6.45) is 7.40. The molecule has 118 valence electrons. The van der Waals surface area contributed by atoms with Gasteiger partial charge >= 0.3 is 0 Å². The highest BCUT2D eigenvalue weighted by Crippen LogP contribution is 2.31. The molecule has 0 aromatic heterocycles. The number of aliphatic hydroxyl groups is 1. The van der Waals surface area contributed by atoms with Crippen LogP contribution in [0, 0.1) is 0 Å². The van der Waals surface area contributed by atoms with Crippen molar-refractivity contribution in [2.45, 2.75) is 76.1 Å². The summed E-state index contributed by atoms with van der Waals surface area (Å²) in [5, 5.41) is 13.5. The number of hydrogen-bond acceptors (Lipinski definition) is 4. The van der Waals surface area contributed by atoms with Crippen LogP contribution in [0.2, 0.25) is 0 Å². The fourth-order valence-electron chi connectivity index (χ4n) is 3.90. The van der Waals surface area contributed by atoms with E-state index in [0.717, 1.165) is 26.0 Å². The van der Waals surface area contributed by atoms with Gasteiger partial charge < -0.3 is 20.1 Å². The minimum Gasteiger partial charge on any atom is -0.394 e. The maximum atomic E-state index is 9.87. The molecule has 1 heterocycles. The molecule has 0 radical (unpaired) electrons. The average molecular weight is 284 g/mol. The van der Waals surface area contributed by atoms with Crippen molar-refractivity contribution in [1.82, 2.24) is 10.2 Å². The molecule has 3 atom stereocenters. The van der Waals surface area contributed by atoms with Crippen LogP contribution in [0.15, 0.2) is 0 Å². The Balaban J connectivity index is 1.90. The summed E-state index contributed by atoms with van der Waals surface area (Å²) in [7, 11) is 2.22. The van der Waals surface area contributed by atoms with E-state index in [1.54, 1.807) is 0 Å². The van der Waals surface area contributed by atoms with Gasteiger partial charge in [0, 0.05) is 30.8 Å². The zero-order valence-electron chi connectivity index (χ0n) is 13.4. The Bertz CT molecular complexity index is 292. The summed E-state index contributed by atoms with van der Waals surface area (Å²) >= 11 is 0. The Kier molecular flexibility index (Phi) is 5.84. The topological polar surface area (TPSA) is 44.7 Å². The Labute approximate surface area is 123 Å². The summed E-state index contributed by atoms with van der Waals surface area (Å²) in [6, 6.07) is 0.982. The molecule has 0 amide bonds. The van der Waals surface area contributed by atoms with Gasteiger partial charge in [0.05, 0.1) is 12.7 Å². The molecule has 1 aliphatic carbocycles. The highest BCUT2D eigenvalue weighted by molar-refractivity contribution is 4.97. The summed E-state index contributed by atoms with van der Waals surface area (Å²) in [4.78, 5) is 2.46. The van der Waals surface area contributed by atoms with E-state index in [4.69, 9.17) is 4.74 Å². The van der Waals surface area contributed by atoms with Gasteiger partial charge in [-0.25, -0.2) is 0 Å². The van der Waals surface area contributed by atoms with Gasteiger partial charge in [-0.2, -0.15) is 0 Å². The number of aliphatic hydroxyl groups excluding tert-OH is 1. The van der Waals surface area contributed by atoms with E-state index in [2.05, 4.69) is 31.1 Å². The van der Waals surface area contributed by atoms with Crippen molar-refractivity contribution in [3.63, 3.8) is 0 Å². The number of hydrogen-bond donors (Lipinski definition) is 2. The van der Waals surface area contributed by atoms with Gasteiger partial charge in [0.2, 0.25) is 0 Å². The van der Waals surface area contributed by atoms with Crippen molar-refractivity contribution in [3.05, 3.63) is 0 Å². The molecule has 2 fully saturated rings. The van der Waals surface area contributed by atoms with E-state index in [-0.39, 0.29) is 12.1 Å². The Morgan fingerprint density at radius 1 is 1.35 bits per heavy atom. The van der Waals surface area contributed by atoms with E-state index in [9.17, 15) is 5.11 Å². The fraction of sp³-hybridized carbons (Fsp3) is 1.00. The molecule has 4 heteroatoms. The highest BCUT2D eigenvalue weighted by Gasteiger charge is 2.37. The van der Waals surface area contributed by atoms with Crippen LogP contribution in [-0.2, 0) is 4.74 Å². The minimum atomic E-state index is -0.0815. The maximum Gasteiger partial charge on any atom is 0.0702 e. The van der Waals surface area contributed by atoms with Crippen molar-refractivity contribution in [2.24, 2.45) is 0 Å². The Morgan fingerprint density at radius 2 is 2.15 bits per heavy atom. The van der Waals surface area contributed by atoms with Gasteiger partial charge in [-0.05, 0) is 45.6 Å². The number of likely N-dealkylation sites (N-methyl/N-ethyl adjacent to an activating group) is 1. The largest absolute Gasteiger partial charge is 0.394 e. The zero-order chi connectivity index (χ0) is 14.6. The van der Waals surface area contributed by atoms with Crippen molar-refractivity contribution in [3.8, 4) is 0 Å². The predicted octanol–water partition coefficient (Wildman–Crippen LogP) is 1.77. The molecule has 0 aromatic carbocycles. The van der Waals surface area contributed by atoms with Gasteiger partial charge in [0.25, 0.3) is 0 Å². The molecule has 2 N–H and O–H groups in total. The van der Waals surface area contributed by atoms with Crippen LogP contribution >= 0.6 is 0 Å². The quantitative estimate of drug-likeness (QED) is 0.780. The van der Waals surface area contributed by atoms with Gasteiger partial charge in [-0.3, -0.25) is 0 Å². The second-order valence-electron chi connectivity index (χ2n) is 7.06. The molecule has 0 bridgehead atoms. The number of nitrogens with zero attached hydrogens (tertiary/aromatic N) is 1. The first-order chi connectivity index (χ1) is 9.54. The van der Waals surface area contributed by atoms with Crippen molar-refractivity contribution < 1.29 is 9.84 Å². The third kappa shape index (κ3) is 4.17. The van der Waals surface area contributed by atoms with Crippen molar-refractivity contribution in [2.75, 3.05) is 26.8 Å². The minimum absolute atomic E-state index is 0.0815. The molecule has 0 spiro atoms. The SMILES string of the molecule is CC(C)NC1(CO)CCCC(N(C)CC2CCCO2)C1. The normalized spacial score (nSPS) is 35.1. The summed E-state index contributed by atoms with van der Waals surface area (Å²) in [6.45, 7) is 6.54. The molecular weight excluding hydrogens is 252 g/mol. The number of nitrogens with one attached hydrogen (secondary N) is 1. The van der Waals surface area contributed by atoms with Gasteiger partial charge in [0.1, 0.15) is 0 Å². The molecular formula is C16H32N2O2. The molecule has 0 aromatic rings. The third-order valence-corrected chi connectivity index (χ3v) is 4.86. The maximum absolute atomic E-state index is 9.87. The van der Waals surface area contributed by atoms with E-state index in [1.807, 2.05) is 0 Å². The molecule has 2 rings (SSSR count). The van der Waals surface area contributed by atoms with E-state index in [1.165, 1.54) is 25.7 Å².